The molecule has 9 nitrogen and oxygen atoms in total. The molecule has 2 heterocycles. The van der Waals surface area contributed by atoms with Crippen molar-refractivity contribution in [2.75, 3.05) is 13.2 Å². The SMILES string of the molecule is C[Si](C)(C)C(COC1O[C@H](CO)[C@@H](O)[C@H](O)[C@@H]1O)N1C(=O)c2ccccc2C1=O. The Morgan fingerprint density at radius 2 is 1.59 bits per heavy atom. The number of hydrogen-bond donors (Lipinski definition) is 4. The van der Waals surface area contributed by atoms with E-state index in [4.69, 9.17) is 9.47 Å². The van der Waals surface area contributed by atoms with Gasteiger partial charge in [0, 0.05) is 0 Å². The van der Waals surface area contributed by atoms with Crippen LogP contribution in [0, 0.1) is 0 Å². The Morgan fingerprint density at radius 3 is 2.07 bits per heavy atom. The summed E-state index contributed by atoms with van der Waals surface area (Å²) in [5.41, 5.74) is 0.129. The average molecular weight is 426 g/mol. The van der Waals surface area contributed by atoms with E-state index in [2.05, 4.69) is 0 Å². The molecule has 29 heavy (non-hydrogen) atoms. The molecule has 1 saturated heterocycles. The first-order valence-electron chi connectivity index (χ1n) is 9.47. The lowest BCUT2D eigenvalue weighted by molar-refractivity contribution is -0.301. The molecule has 2 amide bonds. The molecule has 3 rings (SSSR count). The summed E-state index contributed by atoms with van der Waals surface area (Å²) < 4.78 is 11.0. The summed E-state index contributed by atoms with van der Waals surface area (Å²) in [6.07, 6.45) is -7.01. The largest absolute Gasteiger partial charge is 0.394 e. The molecule has 6 atom stereocenters. The topological polar surface area (TPSA) is 137 Å². The number of amides is 2. The third-order valence-electron chi connectivity index (χ3n) is 5.40. The number of rotatable bonds is 6. The second-order valence-electron chi connectivity index (χ2n) is 8.44. The number of fused-ring (bicyclic) bond motifs is 1. The van der Waals surface area contributed by atoms with E-state index in [-0.39, 0.29) is 6.61 Å². The first-order chi connectivity index (χ1) is 13.6. The number of aliphatic hydroxyl groups excluding tert-OH is 4. The zero-order valence-electron chi connectivity index (χ0n) is 16.6. The maximum Gasteiger partial charge on any atom is 0.261 e. The van der Waals surface area contributed by atoms with Gasteiger partial charge in [-0.3, -0.25) is 14.5 Å². The lowest BCUT2D eigenvalue weighted by Crippen LogP contribution is -2.61. The van der Waals surface area contributed by atoms with E-state index in [1.165, 1.54) is 4.90 Å². The zero-order chi connectivity index (χ0) is 21.5. The molecule has 2 aliphatic heterocycles. The maximum absolute atomic E-state index is 12.9. The fourth-order valence-corrected chi connectivity index (χ4v) is 5.20. The molecule has 1 fully saturated rings. The summed E-state index contributed by atoms with van der Waals surface area (Å²) in [4.78, 5) is 27.0. The molecule has 0 bridgehead atoms. The lowest BCUT2D eigenvalue weighted by atomic mass is 9.99. The van der Waals surface area contributed by atoms with Crippen molar-refractivity contribution in [3.63, 3.8) is 0 Å². The highest BCUT2D eigenvalue weighted by Gasteiger charge is 2.47. The number of nitrogens with zero attached hydrogens (tertiary/aromatic N) is 1. The van der Waals surface area contributed by atoms with Gasteiger partial charge in [0.15, 0.2) is 6.29 Å². The highest BCUT2D eigenvalue weighted by Crippen LogP contribution is 2.29. The summed E-state index contributed by atoms with van der Waals surface area (Å²) in [7, 11) is -2.18. The predicted molar refractivity (Wildman–Crippen MR) is 104 cm³/mol. The van der Waals surface area contributed by atoms with Crippen molar-refractivity contribution in [1.82, 2.24) is 4.90 Å². The van der Waals surface area contributed by atoms with E-state index in [1.54, 1.807) is 24.3 Å². The molecule has 0 aromatic heterocycles. The molecule has 1 aromatic rings. The van der Waals surface area contributed by atoms with Gasteiger partial charge in [0.1, 0.15) is 24.4 Å². The number of benzene rings is 1. The van der Waals surface area contributed by atoms with Crippen LogP contribution in [0.15, 0.2) is 24.3 Å². The molecule has 1 aromatic carbocycles. The lowest BCUT2D eigenvalue weighted by Gasteiger charge is -2.41. The fourth-order valence-electron chi connectivity index (χ4n) is 3.59. The molecule has 2 unspecified atom stereocenters. The molecule has 2 aliphatic rings. The van der Waals surface area contributed by atoms with Crippen LogP contribution in [0.2, 0.25) is 19.6 Å². The molecule has 160 valence electrons. The number of carbonyl (C=O) groups is 2. The minimum atomic E-state index is -2.18. The van der Waals surface area contributed by atoms with Crippen molar-refractivity contribution < 1.29 is 39.5 Å². The molecule has 4 N–H and O–H groups in total. The number of ether oxygens (including phenoxy) is 2. The first-order valence-corrected chi connectivity index (χ1v) is 13.0. The molecule has 0 aliphatic carbocycles. The van der Waals surface area contributed by atoms with Crippen LogP contribution >= 0.6 is 0 Å². The van der Waals surface area contributed by atoms with Gasteiger partial charge in [0.05, 0.1) is 38.1 Å². The summed E-state index contributed by atoms with van der Waals surface area (Å²) in [6, 6.07) is 6.60. The Morgan fingerprint density at radius 1 is 1.03 bits per heavy atom. The van der Waals surface area contributed by atoms with Crippen molar-refractivity contribution in [2.45, 2.75) is 56.0 Å². The standard InChI is InChI=1S/C19H27NO8Si/c1-29(2,3)13(20-17(25)10-6-4-5-7-11(10)18(20)26)9-27-19-16(24)15(23)14(22)12(8-21)28-19/h4-7,12-16,19,21-24H,8-9H2,1-3H3/t12-,13?,14-,15+,16+,19?/m1/s1. The van der Waals surface area contributed by atoms with Gasteiger partial charge >= 0.3 is 0 Å². The molecular formula is C19H27NO8Si. The van der Waals surface area contributed by atoms with Crippen LogP contribution in [-0.2, 0) is 9.47 Å². The molecular weight excluding hydrogens is 398 g/mol. The van der Waals surface area contributed by atoms with Gasteiger partial charge in [-0.25, -0.2) is 0 Å². The summed E-state index contributed by atoms with van der Waals surface area (Å²) in [5, 5.41) is 39.3. The second-order valence-corrected chi connectivity index (χ2v) is 13.8. The van der Waals surface area contributed by atoms with Crippen molar-refractivity contribution in [3.05, 3.63) is 35.4 Å². The highest BCUT2D eigenvalue weighted by atomic mass is 28.3. The molecule has 0 radical (unpaired) electrons. The van der Waals surface area contributed by atoms with Gasteiger partial charge < -0.3 is 29.9 Å². The van der Waals surface area contributed by atoms with Crippen LogP contribution in [0.4, 0.5) is 0 Å². The van der Waals surface area contributed by atoms with E-state index in [0.29, 0.717) is 11.1 Å². The van der Waals surface area contributed by atoms with E-state index in [9.17, 15) is 30.0 Å². The quantitative estimate of drug-likeness (QED) is 0.348. The Balaban J connectivity index is 1.80. The Bertz CT molecular complexity index is 745. The van der Waals surface area contributed by atoms with Crippen LogP contribution in [0.3, 0.4) is 0 Å². The number of aliphatic hydroxyl groups is 4. The monoisotopic (exact) mass is 425 g/mol. The minimum absolute atomic E-state index is 0.107. The fraction of sp³-hybridized carbons (Fsp3) is 0.579. The van der Waals surface area contributed by atoms with Gasteiger partial charge in [-0.2, -0.15) is 0 Å². The van der Waals surface area contributed by atoms with E-state index in [1.807, 2.05) is 19.6 Å². The van der Waals surface area contributed by atoms with Gasteiger partial charge in [0.25, 0.3) is 11.8 Å². The third-order valence-corrected chi connectivity index (χ3v) is 7.83. The van der Waals surface area contributed by atoms with Crippen molar-refractivity contribution in [2.24, 2.45) is 0 Å². The Kier molecular flexibility index (Phi) is 6.25. The number of imide groups is 1. The van der Waals surface area contributed by atoms with Crippen LogP contribution in [0.5, 0.6) is 0 Å². The molecule has 0 saturated carbocycles. The first kappa shape index (κ1) is 22.0. The smallest absolute Gasteiger partial charge is 0.261 e. The van der Waals surface area contributed by atoms with E-state index in [0.717, 1.165) is 0 Å². The Labute approximate surface area is 169 Å². The number of hydrogen-bond acceptors (Lipinski definition) is 8. The zero-order valence-corrected chi connectivity index (χ0v) is 17.6. The third kappa shape index (κ3) is 4.01. The maximum atomic E-state index is 12.9. The summed E-state index contributed by atoms with van der Waals surface area (Å²) in [5.74, 6) is -0.786. The van der Waals surface area contributed by atoms with Crippen molar-refractivity contribution in [1.29, 1.82) is 0 Å². The van der Waals surface area contributed by atoms with Crippen molar-refractivity contribution >= 4 is 19.9 Å². The normalized spacial score (nSPS) is 31.1. The van der Waals surface area contributed by atoms with Crippen LogP contribution in [0.1, 0.15) is 20.7 Å². The Hall–Kier alpha value is -1.66. The van der Waals surface area contributed by atoms with Gasteiger partial charge in [0.2, 0.25) is 0 Å². The molecule has 10 heteroatoms. The van der Waals surface area contributed by atoms with Gasteiger partial charge in [-0.1, -0.05) is 31.8 Å². The highest BCUT2D eigenvalue weighted by molar-refractivity contribution is 6.78. The van der Waals surface area contributed by atoms with Crippen molar-refractivity contribution in [3.8, 4) is 0 Å². The molecule has 0 spiro atoms. The second kappa shape index (κ2) is 8.23. The van der Waals surface area contributed by atoms with Crippen LogP contribution in [0.25, 0.3) is 0 Å². The average Bonchev–Trinajstić information content (AvgIpc) is 2.92. The van der Waals surface area contributed by atoms with Crippen LogP contribution in [-0.4, -0.2) is 94.8 Å². The van der Waals surface area contributed by atoms with Gasteiger partial charge in [-0.15, -0.1) is 0 Å². The van der Waals surface area contributed by atoms with Crippen LogP contribution < -0.4 is 0 Å². The summed E-state index contributed by atoms with van der Waals surface area (Å²) in [6.45, 7) is 5.28. The van der Waals surface area contributed by atoms with Gasteiger partial charge in [-0.05, 0) is 12.1 Å². The number of carbonyl (C=O) groups excluding carboxylic acids is 2. The summed E-state index contributed by atoms with van der Waals surface area (Å²) >= 11 is 0. The predicted octanol–water partition coefficient (Wildman–Crippen LogP) is -0.655. The van der Waals surface area contributed by atoms with E-state index < -0.39 is 62.9 Å². The minimum Gasteiger partial charge on any atom is -0.394 e. The van der Waals surface area contributed by atoms with E-state index >= 15 is 0 Å².